The number of piperazine rings is 1. The van der Waals surface area contributed by atoms with Crippen LogP contribution in [0.5, 0.6) is 5.75 Å². The van der Waals surface area contributed by atoms with Crippen LogP contribution in [0.15, 0.2) is 42.6 Å². The van der Waals surface area contributed by atoms with Crippen LogP contribution >= 0.6 is 0 Å². The molecule has 0 aliphatic carbocycles. The lowest BCUT2D eigenvalue weighted by Crippen LogP contribution is -2.53. The molecular formula is C36H43FN4O8. The molecule has 2 aliphatic heterocycles. The molecule has 2 saturated heterocycles. The van der Waals surface area contributed by atoms with Crippen molar-refractivity contribution < 1.29 is 42.6 Å². The highest BCUT2D eigenvalue weighted by Crippen LogP contribution is 2.33. The molecule has 13 heteroatoms. The maximum absolute atomic E-state index is 13.9. The third-order valence-corrected chi connectivity index (χ3v) is 8.82. The van der Waals surface area contributed by atoms with E-state index in [4.69, 9.17) is 14.2 Å². The number of halogens is 1. The number of Topliss-reactive ketones (excluding diaryl/α,β-unsaturated/α-hetero) is 1. The Morgan fingerprint density at radius 1 is 0.837 bits per heavy atom. The van der Waals surface area contributed by atoms with E-state index >= 15 is 0 Å². The highest BCUT2D eigenvalue weighted by Gasteiger charge is 2.34. The molecule has 12 nitrogen and oxygen atoms in total. The number of aromatic nitrogens is 1. The van der Waals surface area contributed by atoms with Crippen molar-refractivity contribution in [2.45, 2.75) is 52.6 Å². The molecule has 2 aliphatic rings. The minimum Gasteiger partial charge on any atom is -0.496 e. The van der Waals surface area contributed by atoms with Crippen LogP contribution in [0, 0.1) is 11.7 Å². The number of hydrogen-bond acceptors (Lipinski definition) is 8. The van der Waals surface area contributed by atoms with Gasteiger partial charge in [0.15, 0.2) is 0 Å². The van der Waals surface area contributed by atoms with Gasteiger partial charge < -0.3 is 28.9 Å². The Bertz CT molecular complexity index is 1730. The Morgan fingerprint density at radius 3 is 2.06 bits per heavy atom. The first kappa shape index (κ1) is 35.4. The van der Waals surface area contributed by atoms with Gasteiger partial charge in [-0.3, -0.25) is 19.0 Å². The fraction of sp³-hybridized carbons (Fsp3) is 0.472. The zero-order chi connectivity index (χ0) is 35.5. The number of ether oxygens (including phenoxy) is 3. The van der Waals surface area contributed by atoms with Crippen LogP contribution in [0.2, 0.25) is 0 Å². The minimum atomic E-state index is -0.857. The van der Waals surface area contributed by atoms with Crippen molar-refractivity contribution in [2.75, 3.05) is 53.0 Å². The molecule has 3 amide bonds. The second-order valence-electron chi connectivity index (χ2n) is 13.3. The Hall–Kier alpha value is -4.94. The summed E-state index contributed by atoms with van der Waals surface area (Å²) in [5.41, 5.74) is 0.757. The molecule has 49 heavy (non-hydrogen) atoms. The van der Waals surface area contributed by atoms with Crippen molar-refractivity contribution in [3.05, 3.63) is 65.1 Å². The SMILES string of the molecule is CCOC(=O)n1cc(C(=O)C(=O)N2CCN(C(=O)OC(C)(C)C)CC2)c2cc(C(=O)N3CCC(Cc4ccc(F)cc4)CC3)c(OC)cc21. The minimum absolute atomic E-state index is 0.0580. The second kappa shape index (κ2) is 14.7. The normalized spacial score (nSPS) is 15.7. The molecule has 3 aromatic rings. The van der Waals surface area contributed by atoms with Crippen LogP contribution in [0.3, 0.4) is 0 Å². The summed E-state index contributed by atoms with van der Waals surface area (Å²) in [4.78, 5) is 71.2. The van der Waals surface area contributed by atoms with Crippen molar-refractivity contribution in [3.8, 4) is 5.75 Å². The van der Waals surface area contributed by atoms with Crippen LogP contribution in [-0.4, -0.2) is 108 Å². The maximum atomic E-state index is 13.9. The van der Waals surface area contributed by atoms with E-state index in [1.807, 2.05) is 0 Å². The predicted octanol–water partition coefficient (Wildman–Crippen LogP) is 5.15. The predicted molar refractivity (Wildman–Crippen MR) is 178 cm³/mol. The smallest absolute Gasteiger partial charge is 0.418 e. The first-order valence-electron chi connectivity index (χ1n) is 16.5. The summed E-state index contributed by atoms with van der Waals surface area (Å²) in [6.07, 6.45) is 2.31. The average molecular weight is 679 g/mol. The highest BCUT2D eigenvalue weighted by atomic mass is 19.1. The quantitative estimate of drug-likeness (QED) is 0.248. The number of likely N-dealkylation sites (tertiary alicyclic amines) is 1. The average Bonchev–Trinajstić information content (AvgIpc) is 3.46. The highest BCUT2D eigenvalue weighted by molar-refractivity contribution is 6.45. The van der Waals surface area contributed by atoms with Crippen molar-refractivity contribution >= 4 is 40.7 Å². The number of carbonyl (C=O) groups is 5. The fourth-order valence-electron chi connectivity index (χ4n) is 6.26. The Morgan fingerprint density at radius 2 is 1.47 bits per heavy atom. The van der Waals surface area contributed by atoms with Crippen LogP contribution in [0.4, 0.5) is 14.0 Å². The number of rotatable bonds is 7. The van der Waals surface area contributed by atoms with Crippen LogP contribution < -0.4 is 4.74 Å². The zero-order valence-electron chi connectivity index (χ0n) is 28.6. The van der Waals surface area contributed by atoms with E-state index in [0.29, 0.717) is 19.0 Å². The molecule has 0 radical (unpaired) electrons. The van der Waals surface area contributed by atoms with Crippen molar-refractivity contribution in [3.63, 3.8) is 0 Å². The molecule has 3 heterocycles. The van der Waals surface area contributed by atoms with Gasteiger partial charge in [-0.1, -0.05) is 12.1 Å². The monoisotopic (exact) mass is 678 g/mol. The number of hydrogen-bond donors (Lipinski definition) is 0. The molecule has 0 N–H and O–H groups in total. The van der Waals surface area contributed by atoms with Crippen LogP contribution in [0.25, 0.3) is 10.9 Å². The number of fused-ring (bicyclic) bond motifs is 1. The fourth-order valence-corrected chi connectivity index (χ4v) is 6.26. The molecule has 0 spiro atoms. The number of amides is 3. The molecule has 1 aromatic heterocycles. The summed E-state index contributed by atoms with van der Waals surface area (Å²) in [6.45, 7) is 8.64. The Labute approximate surface area is 284 Å². The molecule has 262 valence electrons. The van der Waals surface area contributed by atoms with Gasteiger partial charge in [-0.2, -0.15) is 0 Å². The van der Waals surface area contributed by atoms with E-state index < -0.39 is 29.5 Å². The molecular weight excluding hydrogens is 635 g/mol. The number of carbonyl (C=O) groups excluding carboxylic acids is 5. The van der Waals surface area contributed by atoms with Crippen LogP contribution in [0.1, 0.15) is 66.8 Å². The third-order valence-electron chi connectivity index (χ3n) is 8.82. The van der Waals surface area contributed by atoms with E-state index in [9.17, 15) is 28.4 Å². The zero-order valence-corrected chi connectivity index (χ0v) is 28.6. The summed E-state index contributed by atoms with van der Waals surface area (Å²) < 4.78 is 30.7. The van der Waals surface area contributed by atoms with Crippen LogP contribution in [-0.2, 0) is 20.7 Å². The first-order valence-corrected chi connectivity index (χ1v) is 16.5. The molecule has 2 aromatic carbocycles. The van der Waals surface area contributed by atoms with E-state index in [0.717, 1.165) is 29.4 Å². The summed E-state index contributed by atoms with van der Waals surface area (Å²) in [7, 11) is 1.41. The molecule has 5 rings (SSSR count). The third kappa shape index (κ3) is 8.03. The lowest BCUT2D eigenvalue weighted by atomic mass is 9.90. The Balaban J connectivity index is 1.37. The van der Waals surface area contributed by atoms with Gasteiger partial charge in [-0.15, -0.1) is 0 Å². The largest absolute Gasteiger partial charge is 0.496 e. The van der Waals surface area contributed by atoms with Gasteiger partial charge in [0, 0.05) is 56.9 Å². The maximum Gasteiger partial charge on any atom is 0.418 e. The van der Waals surface area contributed by atoms with Crippen molar-refractivity contribution in [1.82, 2.24) is 19.3 Å². The standard InChI is InChI=1S/C36H43FN4O8/c1-6-48-35(46)41-22-28(31(42)33(44)39-15-17-40(18-16-39)34(45)49-36(2,3)4)26-20-27(30(47-5)21-29(26)41)32(43)38-13-11-24(12-14-38)19-23-7-9-25(37)10-8-23/h7-10,20-22,24H,6,11-19H2,1-5H3. The van der Waals surface area contributed by atoms with Gasteiger partial charge in [0.25, 0.3) is 17.6 Å². The van der Waals surface area contributed by atoms with E-state index in [2.05, 4.69) is 0 Å². The molecule has 0 atom stereocenters. The topological polar surface area (TPSA) is 128 Å². The van der Waals surface area contributed by atoms with E-state index in [1.54, 1.807) is 44.7 Å². The van der Waals surface area contributed by atoms with Crippen molar-refractivity contribution in [1.29, 1.82) is 0 Å². The lowest BCUT2D eigenvalue weighted by Gasteiger charge is -2.35. The van der Waals surface area contributed by atoms with Crippen molar-refractivity contribution in [2.24, 2.45) is 5.92 Å². The number of ketones is 1. The van der Waals surface area contributed by atoms with Gasteiger partial charge in [-0.25, -0.2) is 14.0 Å². The molecule has 0 saturated carbocycles. The summed E-state index contributed by atoms with van der Waals surface area (Å²) in [5.74, 6) is -1.69. The summed E-state index contributed by atoms with van der Waals surface area (Å²) in [5, 5.41) is 0.231. The molecule has 2 fully saturated rings. The van der Waals surface area contributed by atoms with E-state index in [-0.39, 0.29) is 72.3 Å². The number of methoxy groups -OCH3 is 1. The second-order valence-corrected chi connectivity index (χ2v) is 13.3. The Kier molecular flexibility index (Phi) is 10.6. The van der Waals surface area contributed by atoms with Gasteiger partial charge >= 0.3 is 12.2 Å². The van der Waals surface area contributed by atoms with Gasteiger partial charge in [0.05, 0.1) is 30.4 Å². The summed E-state index contributed by atoms with van der Waals surface area (Å²) in [6, 6.07) is 9.46. The number of nitrogens with zero attached hydrogens (tertiary/aromatic N) is 4. The molecule has 0 unspecified atom stereocenters. The van der Waals surface area contributed by atoms with E-state index in [1.165, 1.54) is 47.4 Å². The van der Waals surface area contributed by atoms with Gasteiger partial charge in [-0.05, 0) is 76.6 Å². The number of piperidine rings is 1. The van der Waals surface area contributed by atoms with Gasteiger partial charge in [0.1, 0.15) is 17.2 Å². The number of benzene rings is 2. The lowest BCUT2D eigenvalue weighted by molar-refractivity contribution is -0.128. The molecule has 0 bridgehead atoms. The first-order chi connectivity index (χ1) is 23.3. The summed E-state index contributed by atoms with van der Waals surface area (Å²) >= 11 is 0. The van der Waals surface area contributed by atoms with Gasteiger partial charge in [0.2, 0.25) is 0 Å².